The lowest BCUT2D eigenvalue weighted by atomic mass is 10.4. The van der Waals surface area contributed by atoms with E-state index < -0.39 is 15.9 Å². The number of sulfone groups is 1. The van der Waals surface area contributed by atoms with E-state index in [1.165, 1.54) is 6.07 Å². The molecule has 7 nitrogen and oxygen atoms in total. The molecule has 0 amide bonds. The summed E-state index contributed by atoms with van der Waals surface area (Å²) in [6.45, 7) is 3.00. The molecular formula is C15H22IN3O4S2. The van der Waals surface area contributed by atoms with Gasteiger partial charge in [-0.15, -0.1) is 35.3 Å². The second kappa shape index (κ2) is 10.8. The third-order valence-corrected chi connectivity index (χ3v) is 6.32. The number of rotatable bonds is 8. The zero-order chi connectivity index (χ0) is 17.4. The number of aliphatic imine (C=N–C) groups is 1. The fraction of sp³-hybridized carbons (Fsp3) is 0.400. The summed E-state index contributed by atoms with van der Waals surface area (Å²) < 4.78 is 29.7. The van der Waals surface area contributed by atoms with Crippen molar-refractivity contribution in [2.75, 3.05) is 18.8 Å². The fourth-order valence-electron chi connectivity index (χ4n) is 1.95. The highest BCUT2D eigenvalue weighted by Gasteiger charge is 2.20. The predicted molar refractivity (Wildman–Crippen MR) is 109 cm³/mol. The average Bonchev–Trinajstić information content (AvgIpc) is 3.22. The van der Waals surface area contributed by atoms with Crippen LogP contribution in [0.5, 0.6) is 0 Å². The van der Waals surface area contributed by atoms with Crippen LogP contribution in [0.25, 0.3) is 0 Å². The van der Waals surface area contributed by atoms with Gasteiger partial charge in [0.05, 0.1) is 18.1 Å². The summed E-state index contributed by atoms with van der Waals surface area (Å²) in [5.74, 6) is 0.868. The van der Waals surface area contributed by atoms with E-state index in [-0.39, 0.29) is 40.5 Å². The molecule has 25 heavy (non-hydrogen) atoms. The Labute approximate surface area is 168 Å². The maximum atomic E-state index is 12.1. The van der Waals surface area contributed by atoms with Crippen LogP contribution in [0.1, 0.15) is 12.7 Å². The van der Waals surface area contributed by atoms with Gasteiger partial charge in [0.15, 0.2) is 15.8 Å². The number of hydrogen-bond donors (Lipinski definition) is 3. The minimum atomic E-state index is -3.47. The van der Waals surface area contributed by atoms with Gasteiger partial charge in [0.25, 0.3) is 0 Å². The molecule has 2 heterocycles. The number of aliphatic hydroxyl groups excluding tert-OH is 1. The highest BCUT2D eigenvalue weighted by atomic mass is 127. The lowest BCUT2D eigenvalue weighted by Crippen LogP contribution is -2.42. The fourth-order valence-corrected chi connectivity index (χ4v) is 4.43. The quantitative estimate of drug-likeness (QED) is 0.291. The van der Waals surface area contributed by atoms with Crippen LogP contribution < -0.4 is 10.6 Å². The Bertz CT molecular complexity index is 731. The van der Waals surface area contributed by atoms with Crippen LogP contribution in [0, 0.1) is 0 Å². The van der Waals surface area contributed by atoms with Gasteiger partial charge in [0.2, 0.25) is 0 Å². The van der Waals surface area contributed by atoms with Crippen molar-refractivity contribution in [2.45, 2.75) is 23.8 Å². The van der Waals surface area contributed by atoms with E-state index in [1.807, 2.05) is 13.0 Å². The molecule has 2 aromatic heterocycles. The summed E-state index contributed by atoms with van der Waals surface area (Å²) in [6, 6.07) is 6.81. The molecule has 2 aromatic rings. The van der Waals surface area contributed by atoms with Crippen molar-refractivity contribution >= 4 is 51.1 Å². The topological polar surface area (TPSA) is 104 Å². The summed E-state index contributed by atoms with van der Waals surface area (Å²) in [6.07, 6.45) is 0.536. The van der Waals surface area contributed by atoms with E-state index in [1.54, 1.807) is 23.8 Å². The lowest BCUT2D eigenvalue weighted by molar-refractivity contribution is 0.200. The van der Waals surface area contributed by atoms with Gasteiger partial charge in [-0.25, -0.2) is 13.4 Å². The van der Waals surface area contributed by atoms with Crippen molar-refractivity contribution in [1.29, 1.82) is 0 Å². The molecule has 0 aliphatic carbocycles. The number of guanidine groups is 1. The first-order valence-electron chi connectivity index (χ1n) is 7.50. The number of furan rings is 1. The Morgan fingerprint density at radius 2 is 2.16 bits per heavy atom. The second-order valence-electron chi connectivity index (χ2n) is 5.02. The van der Waals surface area contributed by atoms with Crippen LogP contribution >= 0.6 is 35.3 Å². The maximum Gasteiger partial charge on any atom is 0.191 e. The first-order chi connectivity index (χ1) is 11.5. The number of nitrogens with zero attached hydrogens (tertiary/aromatic N) is 1. The molecule has 1 atom stereocenters. The van der Waals surface area contributed by atoms with E-state index in [0.29, 0.717) is 24.8 Å². The van der Waals surface area contributed by atoms with Crippen molar-refractivity contribution in [1.82, 2.24) is 10.6 Å². The van der Waals surface area contributed by atoms with Crippen LogP contribution in [-0.2, 0) is 16.4 Å². The molecule has 0 saturated heterocycles. The third-order valence-electron chi connectivity index (χ3n) is 3.04. The van der Waals surface area contributed by atoms with Crippen LogP contribution in [0.4, 0.5) is 0 Å². The highest BCUT2D eigenvalue weighted by Crippen LogP contribution is 2.17. The number of aliphatic hydroxyl groups is 1. The van der Waals surface area contributed by atoms with E-state index in [0.717, 1.165) is 11.3 Å². The molecule has 0 aliphatic rings. The van der Waals surface area contributed by atoms with Gasteiger partial charge in [-0.05, 0) is 30.5 Å². The van der Waals surface area contributed by atoms with Gasteiger partial charge >= 0.3 is 0 Å². The van der Waals surface area contributed by atoms with Crippen molar-refractivity contribution < 1.29 is 17.9 Å². The minimum absolute atomic E-state index is 0. The molecule has 0 aliphatic heterocycles. The Morgan fingerprint density at radius 3 is 2.76 bits per heavy atom. The van der Waals surface area contributed by atoms with Gasteiger partial charge in [-0.2, -0.15) is 0 Å². The first-order valence-corrected chi connectivity index (χ1v) is 10.0. The van der Waals surface area contributed by atoms with E-state index in [2.05, 4.69) is 15.6 Å². The summed E-state index contributed by atoms with van der Waals surface area (Å²) in [5, 5.41) is 17.7. The molecule has 0 fully saturated rings. The van der Waals surface area contributed by atoms with E-state index >= 15 is 0 Å². The number of halogens is 1. The number of hydrogen-bond acceptors (Lipinski definition) is 6. The molecular weight excluding hydrogens is 477 g/mol. The van der Waals surface area contributed by atoms with Gasteiger partial charge in [0, 0.05) is 13.1 Å². The first kappa shape index (κ1) is 21.9. The third kappa shape index (κ3) is 7.34. The molecule has 3 N–H and O–H groups in total. The lowest BCUT2D eigenvalue weighted by Gasteiger charge is -2.15. The van der Waals surface area contributed by atoms with Crippen molar-refractivity contribution in [3.63, 3.8) is 0 Å². The van der Waals surface area contributed by atoms with Gasteiger partial charge in [0.1, 0.15) is 16.5 Å². The molecule has 0 bridgehead atoms. The smallest absolute Gasteiger partial charge is 0.191 e. The van der Waals surface area contributed by atoms with Gasteiger partial charge in [-0.3, -0.25) is 0 Å². The normalized spacial score (nSPS) is 13.1. The summed E-state index contributed by atoms with van der Waals surface area (Å²) in [5.41, 5.74) is 0. The van der Waals surface area contributed by atoms with Crippen LogP contribution in [0.2, 0.25) is 0 Å². The molecule has 0 aromatic carbocycles. The molecule has 0 spiro atoms. The van der Waals surface area contributed by atoms with Crippen molar-refractivity contribution in [2.24, 2.45) is 4.99 Å². The SMILES string of the molecule is CCNC(=NCc1ccco1)NCC(O)CS(=O)(=O)c1cccs1.I. The van der Waals surface area contributed by atoms with Crippen LogP contribution in [0.15, 0.2) is 49.5 Å². The summed E-state index contributed by atoms with van der Waals surface area (Å²) in [7, 11) is -3.47. The van der Waals surface area contributed by atoms with E-state index in [4.69, 9.17) is 4.42 Å². The number of thiophene rings is 1. The largest absolute Gasteiger partial charge is 0.467 e. The maximum absolute atomic E-state index is 12.1. The standard InChI is InChI=1S/C15H21N3O4S2.HI/c1-2-16-15(18-10-13-5-3-7-22-13)17-9-12(19)11-24(20,21)14-6-4-8-23-14;/h3-8,12,19H,2,9-11H2,1H3,(H2,16,17,18);1H. The average molecular weight is 499 g/mol. The monoisotopic (exact) mass is 499 g/mol. The number of nitrogens with one attached hydrogen (secondary N) is 2. The molecule has 10 heteroatoms. The summed E-state index contributed by atoms with van der Waals surface area (Å²) >= 11 is 1.14. The van der Waals surface area contributed by atoms with Gasteiger partial charge < -0.3 is 20.2 Å². The van der Waals surface area contributed by atoms with Crippen LogP contribution in [0.3, 0.4) is 0 Å². The van der Waals surface area contributed by atoms with Gasteiger partial charge in [-0.1, -0.05) is 6.07 Å². The highest BCUT2D eigenvalue weighted by molar-refractivity contribution is 14.0. The molecule has 140 valence electrons. The Hall–Kier alpha value is -1.11. The Morgan fingerprint density at radius 1 is 1.36 bits per heavy atom. The van der Waals surface area contributed by atoms with Crippen molar-refractivity contribution in [3.05, 3.63) is 41.7 Å². The second-order valence-corrected chi connectivity index (χ2v) is 8.23. The zero-order valence-corrected chi connectivity index (χ0v) is 17.7. The Balaban J connectivity index is 0.00000312. The minimum Gasteiger partial charge on any atom is -0.467 e. The van der Waals surface area contributed by atoms with Crippen molar-refractivity contribution in [3.8, 4) is 0 Å². The molecule has 0 saturated carbocycles. The molecule has 2 rings (SSSR count). The molecule has 0 radical (unpaired) electrons. The van der Waals surface area contributed by atoms with E-state index in [9.17, 15) is 13.5 Å². The van der Waals surface area contributed by atoms with Crippen LogP contribution in [-0.4, -0.2) is 44.4 Å². The summed E-state index contributed by atoms with van der Waals surface area (Å²) in [4.78, 5) is 4.32. The predicted octanol–water partition coefficient (Wildman–Crippen LogP) is 1.85. The zero-order valence-electron chi connectivity index (χ0n) is 13.7. The Kier molecular flexibility index (Phi) is 9.46. The molecule has 1 unspecified atom stereocenters.